The molecule has 1 aromatic carbocycles. The second-order valence-corrected chi connectivity index (χ2v) is 19.8. The van der Waals surface area contributed by atoms with Gasteiger partial charge < -0.3 is 0 Å². The molecule has 0 amide bonds. The van der Waals surface area contributed by atoms with Crippen molar-refractivity contribution < 1.29 is 9.53 Å². The molecule has 0 radical (unpaired) electrons. The summed E-state index contributed by atoms with van der Waals surface area (Å²) in [5.41, 5.74) is 0. The molecular weight excluding hydrogens is 391 g/mol. The fourth-order valence-corrected chi connectivity index (χ4v) is 19.9. The molecule has 0 fully saturated rings. The summed E-state index contributed by atoms with van der Waals surface area (Å²) in [5.74, 6) is 0.665. The number of unbranched alkanes of at least 4 members (excludes halogenated alkanes) is 3. The Hall–Kier alpha value is -0.511. The molecule has 0 saturated heterocycles. The standard InChI is InChI=1S/C8H7O2.3C4H9.Sn/c1-7(9)10-8-5-3-2-4-6-8;3*1-3-4-2;/h2-5H,1H3;3*1,3-4H2,2H3;. The van der Waals surface area contributed by atoms with Crippen LogP contribution in [0.3, 0.4) is 0 Å². The molecule has 0 aromatic heterocycles. The number of hydrogen-bond donors (Lipinski definition) is 0. The first kappa shape index (κ1) is 20.5. The first-order valence-corrected chi connectivity index (χ1v) is 16.9. The number of benzene rings is 1. The molecule has 0 N–H and O–H groups in total. The number of rotatable bonds is 11. The fraction of sp³-hybridized carbons (Fsp3) is 0.650. The zero-order chi connectivity index (χ0) is 17.1. The Bertz CT molecular complexity index is 449. The third kappa shape index (κ3) is 6.48. The van der Waals surface area contributed by atoms with Gasteiger partial charge in [0.05, 0.1) is 0 Å². The Morgan fingerprint density at radius 3 is 1.83 bits per heavy atom. The molecule has 2 nitrogen and oxygen atoms in total. The number of carbonyl (C=O) groups excluding carboxylic acids is 1. The molecule has 130 valence electrons. The maximum absolute atomic E-state index is 11.5. The van der Waals surface area contributed by atoms with Gasteiger partial charge in [-0.25, -0.2) is 0 Å². The average molecular weight is 425 g/mol. The Kier molecular flexibility index (Phi) is 9.92. The van der Waals surface area contributed by atoms with Gasteiger partial charge in [0.2, 0.25) is 0 Å². The molecule has 0 aliphatic rings. The number of hydrogen-bond acceptors (Lipinski definition) is 2. The van der Waals surface area contributed by atoms with Gasteiger partial charge in [-0.1, -0.05) is 0 Å². The summed E-state index contributed by atoms with van der Waals surface area (Å²) in [6.45, 7) is 8.37. The zero-order valence-corrected chi connectivity index (χ0v) is 18.3. The zero-order valence-electron chi connectivity index (χ0n) is 15.5. The van der Waals surface area contributed by atoms with E-state index in [2.05, 4.69) is 32.9 Å². The van der Waals surface area contributed by atoms with Gasteiger partial charge in [-0.3, -0.25) is 0 Å². The van der Waals surface area contributed by atoms with Crippen LogP contribution in [0.2, 0.25) is 13.3 Å². The number of esters is 1. The molecule has 1 aromatic rings. The van der Waals surface area contributed by atoms with Gasteiger partial charge in [-0.15, -0.1) is 0 Å². The molecule has 3 heteroatoms. The van der Waals surface area contributed by atoms with Crippen molar-refractivity contribution in [1.82, 2.24) is 0 Å². The van der Waals surface area contributed by atoms with Crippen LogP contribution < -0.4 is 8.32 Å². The van der Waals surface area contributed by atoms with Gasteiger partial charge in [0.25, 0.3) is 0 Å². The van der Waals surface area contributed by atoms with Crippen molar-refractivity contribution >= 4 is 27.9 Å². The second kappa shape index (κ2) is 11.1. The normalized spacial score (nSPS) is 11.5. The molecule has 0 aliphatic carbocycles. The second-order valence-electron chi connectivity index (χ2n) is 6.68. The van der Waals surface area contributed by atoms with Gasteiger partial charge >= 0.3 is 147 Å². The summed E-state index contributed by atoms with van der Waals surface area (Å²) < 4.78 is 11.2. The van der Waals surface area contributed by atoms with Crippen molar-refractivity contribution in [2.24, 2.45) is 0 Å². The first-order valence-electron chi connectivity index (χ1n) is 9.37. The van der Waals surface area contributed by atoms with Gasteiger partial charge in [0.15, 0.2) is 0 Å². The molecule has 1 rings (SSSR count). The maximum atomic E-state index is 11.5. The predicted molar refractivity (Wildman–Crippen MR) is 102 cm³/mol. The molecule has 0 aliphatic heterocycles. The summed E-state index contributed by atoms with van der Waals surface area (Å²) in [5, 5.41) is 0. The molecule has 23 heavy (non-hydrogen) atoms. The van der Waals surface area contributed by atoms with Crippen LogP contribution in [-0.4, -0.2) is 24.3 Å². The van der Waals surface area contributed by atoms with Crippen LogP contribution in [0.25, 0.3) is 0 Å². The van der Waals surface area contributed by atoms with E-state index in [1.165, 1.54) is 62.3 Å². The SMILES string of the molecule is CCC[CH2][Sn]([CH2]CCC)([CH2]CCC)[c]1ccccc1OC(C)=O. The van der Waals surface area contributed by atoms with Gasteiger partial charge in [-0.2, -0.15) is 0 Å². The van der Waals surface area contributed by atoms with Gasteiger partial charge in [0, 0.05) is 0 Å². The van der Waals surface area contributed by atoms with Crippen LogP contribution >= 0.6 is 0 Å². The average Bonchev–Trinajstić information content (AvgIpc) is 2.55. The van der Waals surface area contributed by atoms with Crippen molar-refractivity contribution in [3.05, 3.63) is 24.3 Å². The van der Waals surface area contributed by atoms with E-state index < -0.39 is 18.4 Å². The van der Waals surface area contributed by atoms with Crippen molar-refractivity contribution in [1.29, 1.82) is 0 Å². The van der Waals surface area contributed by atoms with E-state index in [0.29, 0.717) is 0 Å². The Morgan fingerprint density at radius 2 is 1.39 bits per heavy atom. The molecule has 0 saturated carbocycles. The summed E-state index contributed by atoms with van der Waals surface area (Å²) in [7, 11) is 0. The number of carbonyl (C=O) groups is 1. The Balaban J connectivity index is 3.25. The number of ether oxygens (including phenoxy) is 1. The van der Waals surface area contributed by atoms with E-state index in [0.717, 1.165) is 5.75 Å². The van der Waals surface area contributed by atoms with Crippen molar-refractivity contribution in [2.45, 2.75) is 79.5 Å². The minimum absolute atomic E-state index is 0.195. The van der Waals surface area contributed by atoms with Crippen LogP contribution in [0.1, 0.15) is 66.2 Å². The van der Waals surface area contributed by atoms with Crippen LogP contribution in [-0.2, 0) is 4.79 Å². The van der Waals surface area contributed by atoms with Crippen molar-refractivity contribution in [3.63, 3.8) is 0 Å². The number of para-hydroxylation sites is 1. The third-order valence-electron chi connectivity index (χ3n) is 4.74. The molecular formula is C20H34O2Sn. The van der Waals surface area contributed by atoms with Gasteiger partial charge in [0.1, 0.15) is 0 Å². The van der Waals surface area contributed by atoms with Crippen molar-refractivity contribution in [3.8, 4) is 5.75 Å². The van der Waals surface area contributed by atoms with Gasteiger partial charge in [-0.05, 0) is 0 Å². The molecule has 0 atom stereocenters. The van der Waals surface area contributed by atoms with E-state index in [-0.39, 0.29) is 5.97 Å². The summed E-state index contributed by atoms with van der Waals surface area (Å²) in [6, 6.07) is 8.41. The summed E-state index contributed by atoms with van der Waals surface area (Å²) in [4.78, 5) is 11.5. The van der Waals surface area contributed by atoms with E-state index in [9.17, 15) is 4.79 Å². The Labute approximate surface area is 146 Å². The van der Waals surface area contributed by atoms with Crippen LogP contribution in [0.15, 0.2) is 24.3 Å². The first-order chi connectivity index (χ1) is 11.1. The molecule has 0 bridgehead atoms. The minimum atomic E-state index is -2.53. The van der Waals surface area contributed by atoms with E-state index >= 15 is 0 Å². The quantitative estimate of drug-likeness (QED) is 0.260. The summed E-state index contributed by atoms with van der Waals surface area (Å²) in [6.07, 6.45) is 7.72. The monoisotopic (exact) mass is 426 g/mol. The molecule has 0 spiro atoms. The molecule has 0 heterocycles. The summed E-state index contributed by atoms with van der Waals surface area (Å²) >= 11 is -2.53. The van der Waals surface area contributed by atoms with E-state index in [1.807, 2.05) is 12.1 Å². The van der Waals surface area contributed by atoms with Crippen LogP contribution in [0, 0.1) is 0 Å². The molecule has 0 unspecified atom stereocenters. The Morgan fingerprint density at radius 1 is 0.913 bits per heavy atom. The fourth-order valence-electron chi connectivity index (χ4n) is 3.47. The van der Waals surface area contributed by atoms with Crippen LogP contribution in [0.4, 0.5) is 0 Å². The topological polar surface area (TPSA) is 26.3 Å². The van der Waals surface area contributed by atoms with E-state index in [4.69, 9.17) is 4.74 Å². The third-order valence-corrected chi connectivity index (χ3v) is 20.4. The predicted octanol–water partition coefficient (Wildman–Crippen LogP) is 5.67. The van der Waals surface area contributed by atoms with Crippen molar-refractivity contribution in [2.75, 3.05) is 0 Å². The van der Waals surface area contributed by atoms with E-state index in [1.54, 1.807) is 0 Å². The van der Waals surface area contributed by atoms with Crippen LogP contribution in [0.5, 0.6) is 5.75 Å².